The Labute approximate surface area is 132 Å². The van der Waals surface area contributed by atoms with Crippen LogP contribution in [0.25, 0.3) is 0 Å². The van der Waals surface area contributed by atoms with Crippen LogP contribution in [0.3, 0.4) is 0 Å². The maximum absolute atomic E-state index is 12.7. The number of nitrogens with two attached hydrogens (primary N) is 1. The van der Waals surface area contributed by atoms with Crippen LogP contribution in [0.1, 0.15) is 48.3 Å². The van der Waals surface area contributed by atoms with Crippen LogP contribution in [0.15, 0.2) is 48.5 Å². The van der Waals surface area contributed by atoms with Crippen molar-refractivity contribution in [2.24, 2.45) is 5.41 Å². The first kappa shape index (κ1) is 16.1. The van der Waals surface area contributed by atoms with Gasteiger partial charge in [0.2, 0.25) is 0 Å². The number of nitrogens with one attached hydrogen (secondary N) is 1. The molecule has 2 aromatic carbocycles. The summed E-state index contributed by atoms with van der Waals surface area (Å²) in [7, 11) is 0. The van der Waals surface area contributed by atoms with Crippen molar-refractivity contribution >= 4 is 11.6 Å². The summed E-state index contributed by atoms with van der Waals surface area (Å²) in [6.45, 7) is 8.29. The number of carbonyl (C=O) groups excluding carboxylic acids is 1. The van der Waals surface area contributed by atoms with E-state index in [1.54, 1.807) is 6.07 Å². The highest BCUT2D eigenvalue weighted by atomic mass is 16.1. The van der Waals surface area contributed by atoms with Gasteiger partial charge in [-0.15, -0.1) is 0 Å². The van der Waals surface area contributed by atoms with E-state index in [9.17, 15) is 4.79 Å². The molecule has 22 heavy (non-hydrogen) atoms. The molecule has 0 saturated heterocycles. The molecule has 0 saturated carbocycles. The summed E-state index contributed by atoms with van der Waals surface area (Å²) >= 11 is 0. The minimum absolute atomic E-state index is 0.0676. The van der Waals surface area contributed by atoms with Gasteiger partial charge in [-0.2, -0.15) is 0 Å². The largest absolute Gasteiger partial charge is 0.399 e. The molecular weight excluding hydrogens is 272 g/mol. The summed E-state index contributed by atoms with van der Waals surface area (Å²) in [5.41, 5.74) is 8.98. The molecular formula is C19H24N2O. The maximum atomic E-state index is 12.7. The van der Waals surface area contributed by atoms with Gasteiger partial charge >= 0.3 is 0 Å². The van der Waals surface area contributed by atoms with Crippen LogP contribution in [0.2, 0.25) is 0 Å². The summed E-state index contributed by atoms with van der Waals surface area (Å²) < 4.78 is 0. The van der Waals surface area contributed by atoms with Gasteiger partial charge in [-0.05, 0) is 35.6 Å². The Hall–Kier alpha value is -2.29. The first-order valence-corrected chi connectivity index (χ1v) is 7.51. The minimum atomic E-state index is -0.0920. The maximum Gasteiger partial charge on any atom is 0.252 e. The van der Waals surface area contributed by atoms with Gasteiger partial charge in [0.25, 0.3) is 5.91 Å². The number of amides is 1. The van der Waals surface area contributed by atoms with Gasteiger partial charge in [0.15, 0.2) is 0 Å². The Morgan fingerprint density at radius 1 is 1.09 bits per heavy atom. The summed E-state index contributed by atoms with van der Waals surface area (Å²) in [5, 5.41) is 3.16. The highest BCUT2D eigenvalue weighted by Crippen LogP contribution is 2.33. The Morgan fingerprint density at radius 2 is 1.73 bits per heavy atom. The number of carbonyl (C=O) groups is 1. The van der Waals surface area contributed by atoms with E-state index in [1.165, 1.54) is 0 Å². The lowest BCUT2D eigenvalue weighted by Crippen LogP contribution is -2.36. The van der Waals surface area contributed by atoms with E-state index in [2.05, 4.69) is 26.1 Å². The second-order valence-corrected chi connectivity index (χ2v) is 6.76. The summed E-state index contributed by atoms with van der Waals surface area (Å²) in [6.07, 6.45) is 0. The smallest absolute Gasteiger partial charge is 0.252 e. The molecule has 3 nitrogen and oxygen atoms in total. The lowest BCUT2D eigenvalue weighted by atomic mass is 9.82. The fourth-order valence-corrected chi connectivity index (χ4v) is 2.54. The summed E-state index contributed by atoms with van der Waals surface area (Å²) in [6, 6.07) is 15.4. The quantitative estimate of drug-likeness (QED) is 0.838. The van der Waals surface area contributed by atoms with Crippen LogP contribution in [0, 0.1) is 12.3 Å². The zero-order chi connectivity index (χ0) is 16.3. The average Bonchev–Trinajstić information content (AvgIpc) is 2.46. The van der Waals surface area contributed by atoms with Crippen molar-refractivity contribution in [2.75, 3.05) is 5.73 Å². The van der Waals surface area contributed by atoms with E-state index in [4.69, 9.17) is 5.73 Å². The second-order valence-electron chi connectivity index (χ2n) is 6.76. The lowest BCUT2D eigenvalue weighted by Gasteiger charge is -2.32. The first-order valence-electron chi connectivity index (χ1n) is 7.51. The molecule has 2 rings (SSSR count). The predicted molar refractivity (Wildman–Crippen MR) is 91.7 cm³/mol. The van der Waals surface area contributed by atoms with Crippen LogP contribution in [0.5, 0.6) is 0 Å². The van der Waals surface area contributed by atoms with Crippen LogP contribution < -0.4 is 11.1 Å². The van der Waals surface area contributed by atoms with E-state index in [1.807, 2.05) is 49.4 Å². The molecule has 0 heterocycles. The van der Waals surface area contributed by atoms with Crippen molar-refractivity contribution in [2.45, 2.75) is 33.7 Å². The highest BCUT2D eigenvalue weighted by Gasteiger charge is 2.28. The molecule has 0 aliphatic carbocycles. The number of anilines is 1. The van der Waals surface area contributed by atoms with Crippen LogP contribution in [-0.2, 0) is 0 Å². The van der Waals surface area contributed by atoms with E-state index in [0.29, 0.717) is 11.3 Å². The monoisotopic (exact) mass is 296 g/mol. The Bertz CT molecular complexity index is 657. The van der Waals surface area contributed by atoms with Gasteiger partial charge in [-0.1, -0.05) is 57.2 Å². The van der Waals surface area contributed by atoms with Crippen molar-refractivity contribution in [1.82, 2.24) is 5.32 Å². The molecule has 0 radical (unpaired) electrons. The van der Waals surface area contributed by atoms with Crippen molar-refractivity contribution < 1.29 is 4.79 Å². The van der Waals surface area contributed by atoms with E-state index < -0.39 is 0 Å². The van der Waals surface area contributed by atoms with Crippen molar-refractivity contribution in [1.29, 1.82) is 0 Å². The molecule has 0 aliphatic rings. The Kier molecular flexibility index (Phi) is 4.55. The van der Waals surface area contributed by atoms with E-state index in [0.717, 1.165) is 11.1 Å². The first-order chi connectivity index (χ1) is 10.3. The third-order valence-electron chi connectivity index (χ3n) is 3.78. The van der Waals surface area contributed by atoms with Crippen LogP contribution in [-0.4, -0.2) is 5.91 Å². The second kappa shape index (κ2) is 6.22. The van der Waals surface area contributed by atoms with Gasteiger partial charge in [0.1, 0.15) is 0 Å². The standard InChI is InChI=1S/C19H24N2O/c1-13-10-11-15(20)12-16(13)18(22)21-17(19(2,3)4)14-8-6-5-7-9-14/h5-12,17H,20H2,1-4H3,(H,21,22). The molecule has 0 bridgehead atoms. The number of rotatable bonds is 3. The minimum Gasteiger partial charge on any atom is -0.399 e. The number of nitrogen functional groups attached to an aromatic ring is 1. The van der Waals surface area contributed by atoms with Crippen molar-refractivity contribution in [3.63, 3.8) is 0 Å². The van der Waals surface area contributed by atoms with Gasteiger partial charge in [0.05, 0.1) is 6.04 Å². The van der Waals surface area contributed by atoms with Gasteiger partial charge in [-0.3, -0.25) is 4.79 Å². The van der Waals surface area contributed by atoms with Crippen molar-refractivity contribution in [3.8, 4) is 0 Å². The van der Waals surface area contributed by atoms with Gasteiger partial charge < -0.3 is 11.1 Å². The number of benzene rings is 2. The molecule has 1 atom stereocenters. The molecule has 2 aromatic rings. The SMILES string of the molecule is Cc1ccc(N)cc1C(=O)NC(c1ccccc1)C(C)(C)C. The van der Waals surface area contributed by atoms with E-state index >= 15 is 0 Å². The van der Waals surface area contributed by atoms with Gasteiger partial charge in [-0.25, -0.2) is 0 Å². The third kappa shape index (κ3) is 3.67. The Morgan fingerprint density at radius 3 is 2.32 bits per heavy atom. The fourth-order valence-electron chi connectivity index (χ4n) is 2.54. The molecule has 0 aliphatic heterocycles. The number of aryl methyl sites for hydroxylation is 1. The molecule has 0 aromatic heterocycles. The molecule has 3 heteroatoms. The summed E-state index contributed by atoms with van der Waals surface area (Å²) in [4.78, 5) is 12.7. The van der Waals surface area contributed by atoms with Crippen LogP contribution >= 0.6 is 0 Å². The third-order valence-corrected chi connectivity index (χ3v) is 3.78. The normalized spacial score (nSPS) is 12.7. The zero-order valence-corrected chi connectivity index (χ0v) is 13.7. The molecule has 116 valence electrons. The van der Waals surface area contributed by atoms with E-state index in [-0.39, 0.29) is 17.4 Å². The predicted octanol–water partition coefficient (Wildman–Crippen LogP) is 4.09. The van der Waals surface area contributed by atoms with Crippen molar-refractivity contribution in [3.05, 3.63) is 65.2 Å². The fraction of sp³-hybridized carbons (Fsp3) is 0.316. The Balaban J connectivity index is 2.32. The lowest BCUT2D eigenvalue weighted by molar-refractivity contribution is 0.0901. The number of hydrogen-bond acceptors (Lipinski definition) is 2. The van der Waals surface area contributed by atoms with Crippen LogP contribution in [0.4, 0.5) is 5.69 Å². The molecule has 1 amide bonds. The zero-order valence-electron chi connectivity index (χ0n) is 13.7. The molecule has 1 unspecified atom stereocenters. The highest BCUT2D eigenvalue weighted by molar-refractivity contribution is 5.96. The van der Waals surface area contributed by atoms with Gasteiger partial charge in [0, 0.05) is 11.3 Å². The summed E-state index contributed by atoms with van der Waals surface area (Å²) in [5.74, 6) is -0.0893. The average molecular weight is 296 g/mol. The topological polar surface area (TPSA) is 55.1 Å². The molecule has 0 spiro atoms. The molecule has 0 fully saturated rings. The number of hydrogen-bond donors (Lipinski definition) is 2. The molecule has 3 N–H and O–H groups in total.